The van der Waals surface area contributed by atoms with Crippen molar-refractivity contribution in [1.29, 1.82) is 0 Å². The number of nitrogens with zero attached hydrogens (tertiary/aromatic N) is 5. The second-order valence-electron chi connectivity index (χ2n) is 9.32. The number of imidazole rings is 1. The highest BCUT2D eigenvalue weighted by atomic mass is 16.5. The highest BCUT2D eigenvalue weighted by Crippen LogP contribution is 2.23. The van der Waals surface area contributed by atoms with Crippen molar-refractivity contribution in [1.82, 2.24) is 24.3 Å². The van der Waals surface area contributed by atoms with Gasteiger partial charge in [-0.25, -0.2) is 4.98 Å². The molecule has 2 aromatic carbocycles. The lowest BCUT2D eigenvalue weighted by atomic mass is 10.1. The molecule has 0 spiro atoms. The molecule has 0 aliphatic carbocycles. The van der Waals surface area contributed by atoms with Crippen LogP contribution in [-0.4, -0.2) is 89.0 Å². The van der Waals surface area contributed by atoms with Crippen LogP contribution >= 0.6 is 0 Å². The topological polar surface area (TPSA) is 70.9 Å². The van der Waals surface area contributed by atoms with Crippen molar-refractivity contribution in [3.63, 3.8) is 0 Å². The number of rotatable bonds is 8. The number of benzene rings is 2. The van der Waals surface area contributed by atoms with Gasteiger partial charge in [0.25, 0.3) is 5.91 Å². The zero-order valence-corrected chi connectivity index (χ0v) is 21.6. The first-order chi connectivity index (χ1) is 17.9. The molecule has 1 saturated heterocycles. The van der Waals surface area contributed by atoms with Crippen LogP contribution in [0.1, 0.15) is 22.8 Å². The summed E-state index contributed by atoms with van der Waals surface area (Å²) in [5.74, 6) is 3.31. The zero-order valence-electron chi connectivity index (χ0n) is 21.6. The second-order valence-corrected chi connectivity index (χ2v) is 9.32. The Morgan fingerprint density at radius 3 is 2.81 bits per heavy atom. The van der Waals surface area contributed by atoms with Crippen molar-refractivity contribution in [3.05, 3.63) is 72.1 Å². The van der Waals surface area contributed by atoms with E-state index in [1.165, 1.54) is 0 Å². The fraction of sp³-hybridized carbons (Fsp3) is 0.345. The molecule has 0 radical (unpaired) electrons. The van der Waals surface area contributed by atoms with E-state index in [1.54, 1.807) is 24.4 Å². The predicted octanol–water partition coefficient (Wildman–Crippen LogP) is 2.89. The number of hydrogen-bond donors (Lipinski definition) is 0. The fourth-order valence-electron chi connectivity index (χ4n) is 4.62. The van der Waals surface area contributed by atoms with Crippen LogP contribution in [0.3, 0.4) is 0 Å². The SMILES string of the molecule is C#CCN(C)C/C=C/C(=O)N1CCN(C(=O)c2ccc3c(c2)ncn3Cc2ccccc2OC)[C@@H](C)C1. The van der Waals surface area contributed by atoms with E-state index in [9.17, 15) is 9.59 Å². The van der Waals surface area contributed by atoms with Crippen LogP contribution in [0.5, 0.6) is 5.75 Å². The summed E-state index contributed by atoms with van der Waals surface area (Å²) in [5, 5.41) is 0. The number of ether oxygens (including phenoxy) is 1. The highest BCUT2D eigenvalue weighted by molar-refractivity contribution is 5.98. The number of piperazine rings is 1. The Kier molecular flexibility index (Phi) is 8.26. The molecule has 1 aliphatic rings. The molecule has 1 atom stereocenters. The van der Waals surface area contributed by atoms with Crippen LogP contribution in [0.4, 0.5) is 0 Å². The number of carbonyl (C=O) groups excluding carboxylic acids is 2. The smallest absolute Gasteiger partial charge is 0.254 e. The summed E-state index contributed by atoms with van der Waals surface area (Å²) < 4.78 is 7.52. The number of aromatic nitrogens is 2. The molecule has 0 bridgehead atoms. The van der Waals surface area contributed by atoms with Crippen LogP contribution in [0.2, 0.25) is 0 Å². The molecule has 0 N–H and O–H groups in total. The number of amides is 2. The fourth-order valence-corrected chi connectivity index (χ4v) is 4.62. The van der Waals surface area contributed by atoms with E-state index in [0.717, 1.165) is 22.3 Å². The van der Waals surface area contributed by atoms with Crippen LogP contribution in [-0.2, 0) is 11.3 Å². The third kappa shape index (κ3) is 6.01. The van der Waals surface area contributed by atoms with Gasteiger partial charge in [0.05, 0.1) is 37.6 Å². The number of hydrogen-bond acceptors (Lipinski definition) is 5. The molecule has 37 heavy (non-hydrogen) atoms. The molecule has 8 heteroatoms. The largest absolute Gasteiger partial charge is 0.496 e. The number of carbonyl (C=O) groups is 2. The Hall–Kier alpha value is -4.09. The maximum Gasteiger partial charge on any atom is 0.254 e. The van der Waals surface area contributed by atoms with Gasteiger partial charge < -0.3 is 19.1 Å². The van der Waals surface area contributed by atoms with Gasteiger partial charge in [-0.1, -0.05) is 30.2 Å². The predicted molar refractivity (Wildman–Crippen MR) is 144 cm³/mol. The molecule has 2 amide bonds. The van der Waals surface area contributed by atoms with E-state index >= 15 is 0 Å². The number of terminal acetylenes is 1. The quantitative estimate of drug-likeness (QED) is 0.352. The van der Waals surface area contributed by atoms with Crippen molar-refractivity contribution in [2.24, 2.45) is 0 Å². The molecular formula is C29H33N5O3. The van der Waals surface area contributed by atoms with Gasteiger partial charge in [0.15, 0.2) is 0 Å². The Labute approximate surface area is 218 Å². The van der Waals surface area contributed by atoms with Gasteiger partial charge in [-0.3, -0.25) is 14.5 Å². The minimum Gasteiger partial charge on any atom is -0.496 e. The van der Waals surface area contributed by atoms with Gasteiger partial charge in [0.2, 0.25) is 5.91 Å². The van der Waals surface area contributed by atoms with Gasteiger partial charge in [0, 0.05) is 49.4 Å². The van der Waals surface area contributed by atoms with Gasteiger partial charge in [-0.15, -0.1) is 6.42 Å². The van der Waals surface area contributed by atoms with Crippen LogP contribution in [0.25, 0.3) is 11.0 Å². The minimum atomic E-state index is -0.0958. The summed E-state index contributed by atoms with van der Waals surface area (Å²) in [7, 11) is 3.57. The van der Waals surface area contributed by atoms with Crippen molar-refractivity contribution >= 4 is 22.8 Å². The summed E-state index contributed by atoms with van der Waals surface area (Å²) >= 11 is 0. The van der Waals surface area contributed by atoms with Crippen LogP contribution < -0.4 is 4.74 Å². The van der Waals surface area contributed by atoms with E-state index in [-0.39, 0.29) is 17.9 Å². The first-order valence-electron chi connectivity index (χ1n) is 12.4. The monoisotopic (exact) mass is 499 g/mol. The van der Waals surface area contributed by atoms with Gasteiger partial charge >= 0.3 is 0 Å². The maximum atomic E-state index is 13.4. The number of methoxy groups -OCH3 is 1. The second kappa shape index (κ2) is 11.8. The van der Waals surface area contributed by atoms with Crippen molar-refractivity contribution < 1.29 is 14.3 Å². The summed E-state index contributed by atoms with van der Waals surface area (Å²) in [6, 6.07) is 13.4. The lowest BCUT2D eigenvalue weighted by molar-refractivity contribution is -0.128. The Bertz CT molecular complexity index is 1340. The number of fused-ring (bicyclic) bond motifs is 1. The molecule has 1 aromatic heterocycles. The summed E-state index contributed by atoms with van der Waals surface area (Å²) in [4.78, 5) is 36.1. The molecule has 3 aromatic rings. The normalized spacial score (nSPS) is 15.9. The van der Waals surface area contributed by atoms with Gasteiger partial charge in [-0.2, -0.15) is 0 Å². The summed E-state index contributed by atoms with van der Waals surface area (Å²) in [5.41, 5.74) is 3.37. The van der Waals surface area contributed by atoms with Crippen molar-refractivity contribution in [3.8, 4) is 18.1 Å². The molecule has 2 heterocycles. The average molecular weight is 500 g/mol. The van der Waals surface area contributed by atoms with Gasteiger partial charge in [0.1, 0.15) is 5.75 Å². The highest BCUT2D eigenvalue weighted by Gasteiger charge is 2.29. The Morgan fingerprint density at radius 2 is 2.05 bits per heavy atom. The van der Waals surface area contributed by atoms with E-state index in [0.29, 0.717) is 44.8 Å². The van der Waals surface area contributed by atoms with E-state index in [4.69, 9.17) is 11.2 Å². The lowest BCUT2D eigenvalue weighted by Gasteiger charge is -2.39. The average Bonchev–Trinajstić information content (AvgIpc) is 3.30. The molecular weight excluding hydrogens is 466 g/mol. The molecule has 1 aliphatic heterocycles. The summed E-state index contributed by atoms with van der Waals surface area (Å²) in [6.45, 7) is 5.21. The molecule has 192 valence electrons. The van der Waals surface area contributed by atoms with Crippen LogP contribution in [0, 0.1) is 12.3 Å². The third-order valence-electron chi connectivity index (χ3n) is 6.64. The number of para-hydroxylation sites is 1. The van der Waals surface area contributed by atoms with Crippen LogP contribution in [0.15, 0.2) is 60.9 Å². The minimum absolute atomic E-state index is 0.0462. The van der Waals surface area contributed by atoms with E-state index in [1.807, 2.05) is 76.9 Å². The van der Waals surface area contributed by atoms with Crippen molar-refractivity contribution in [2.75, 3.05) is 46.9 Å². The maximum absolute atomic E-state index is 13.4. The lowest BCUT2D eigenvalue weighted by Crippen LogP contribution is -2.55. The molecule has 1 fully saturated rings. The standard InChI is InChI=1S/C29H33N5O3/c1-5-14-31(3)15-8-11-28(35)32-16-17-34(22(2)19-32)29(36)23-12-13-26-25(18-23)30-21-33(26)20-24-9-6-7-10-27(24)37-4/h1,6-13,18,21-22H,14-17,19-20H2,2-4H3/b11-8+/t22-/m0/s1. The Morgan fingerprint density at radius 1 is 1.24 bits per heavy atom. The van der Waals surface area contributed by atoms with Crippen molar-refractivity contribution in [2.45, 2.75) is 19.5 Å². The third-order valence-corrected chi connectivity index (χ3v) is 6.64. The zero-order chi connectivity index (χ0) is 26.4. The molecule has 0 saturated carbocycles. The first kappa shape index (κ1) is 26.0. The van der Waals surface area contributed by atoms with E-state index < -0.39 is 0 Å². The molecule has 0 unspecified atom stereocenters. The summed E-state index contributed by atoms with van der Waals surface area (Å²) in [6.07, 6.45) is 10.5. The Balaban J connectivity index is 1.40. The van der Waals surface area contributed by atoms with E-state index in [2.05, 4.69) is 10.9 Å². The first-order valence-corrected chi connectivity index (χ1v) is 12.4. The molecule has 8 nitrogen and oxygen atoms in total. The number of likely N-dealkylation sites (N-methyl/N-ethyl adjacent to an activating group) is 1. The van der Waals surface area contributed by atoms with Gasteiger partial charge in [-0.05, 0) is 38.2 Å². The molecule has 4 rings (SSSR count).